The van der Waals surface area contributed by atoms with Crippen LogP contribution in [-0.2, 0) is 17.1 Å². The zero-order valence-electron chi connectivity index (χ0n) is 16.3. The van der Waals surface area contributed by atoms with Gasteiger partial charge in [-0.2, -0.15) is 0 Å². The Morgan fingerprint density at radius 1 is 0.621 bits per heavy atom. The second kappa shape index (κ2) is 11.0. The van der Waals surface area contributed by atoms with Crippen LogP contribution in [0.2, 0.25) is 0 Å². The predicted molar refractivity (Wildman–Crippen MR) is 114 cm³/mol. The molecule has 1 radical (unpaired) electrons. The SMILES string of the molecule is [Cu].[OH+]=C1CCCC1C(=[OH+])c1ccccc1.[OH+]=C1CCCC1C(=[OH+])c1ccccc1. The monoisotopic (exact) mass is 443 g/mol. The summed E-state index contributed by atoms with van der Waals surface area (Å²) < 4.78 is 0. The van der Waals surface area contributed by atoms with E-state index in [4.69, 9.17) is 0 Å². The quantitative estimate of drug-likeness (QED) is 0.297. The second-order valence-corrected chi connectivity index (χ2v) is 7.37. The molecule has 5 heteroatoms. The van der Waals surface area contributed by atoms with Crippen LogP contribution in [0, 0.1) is 11.8 Å². The molecule has 2 aromatic rings. The second-order valence-electron chi connectivity index (χ2n) is 7.37. The van der Waals surface area contributed by atoms with Gasteiger partial charge in [0.1, 0.15) is 0 Å². The molecule has 4 rings (SSSR count). The first-order valence-electron chi connectivity index (χ1n) is 9.89. The van der Waals surface area contributed by atoms with E-state index in [2.05, 4.69) is 0 Å². The molecule has 4 N–H and O–H groups in total. The molecule has 0 heterocycles. The van der Waals surface area contributed by atoms with Crippen LogP contribution >= 0.6 is 0 Å². The first-order chi connectivity index (χ1) is 13.6. The third-order valence-corrected chi connectivity index (χ3v) is 5.46. The van der Waals surface area contributed by atoms with Crippen molar-refractivity contribution in [2.45, 2.75) is 38.5 Å². The van der Waals surface area contributed by atoms with Gasteiger partial charge in [0.2, 0.25) is 0 Å². The fourth-order valence-electron chi connectivity index (χ4n) is 3.87. The van der Waals surface area contributed by atoms with Crippen molar-refractivity contribution in [1.29, 1.82) is 0 Å². The number of carbonyl (C=O) groups excluding carboxylic acids is 4. The van der Waals surface area contributed by atoms with Crippen LogP contribution in [0.3, 0.4) is 0 Å². The van der Waals surface area contributed by atoms with E-state index in [0.717, 1.165) is 49.7 Å². The van der Waals surface area contributed by atoms with E-state index in [1.54, 1.807) is 0 Å². The summed E-state index contributed by atoms with van der Waals surface area (Å²) in [6, 6.07) is 18.8. The standard InChI is InChI=1S/2C12H12O2.Cu/c2*13-11-8-4-7-10(11)12(14)9-5-2-1-3-6-9;/h2*1-3,5-6,10H,4,7-8H2;/p+4. The van der Waals surface area contributed by atoms with Gasteiger partial charge < -0.3 is 0 Å². The number of benzene rings is 2. The van der Waals surface area contributed by atoms with Gasteiger partial charge in [0, 0.05) is 17.1 Å². The van der Waals surface area contributed by atoms with Crippen LogP contribution in [0.1, 0.15) is 49.7 Å². The average Bonchev–Trinajstić information content (AvgIpc) is 3.37. The molecule has 2 aliphatic carbocycles. The Kier molecular flexibility index (Phi) is 8.69. The molecule has 2 aliphatic rings. The number of hydrogen-bond donors (Lipinski definition) is 0. The van der Waals surface area contributed by atoms with Crippen molar-refractivity contribution in [2.75, 3.05) is 0 Å². The zero-order chi connectivity index (χ0) is 19.9. The third-order valence-electron chi connectivity index (χ3n) is 5.46. The van der Waals surface area contributed by atoms with E-state index in [1.807, 2.05) is 60.7 Å². The third kappa shape index (κ3) is 5.81. The van der Waals surface area contributed by atoms with Gasteiger partial charge in [-0.05, 0) is 49.9 Å². The van der Waals surface area contributed by atoms with Gasteiger partial charge in [-0.25, -0.2) is 0 Å². The van der Waals surface area contributed by atoms with Crippen LogP contribution in [0.25, 0.3) is 0 Å². The Balaban J connectivity index is 0.000000200. The van der Waals surface area contributed by atoms with Crippen molar-refractivity contribution in [1.82, 2.24) is 0 Å². The van der Waals surface area contributed by atoms with Gasteiger partial charge in [0.25, 0.3) is 0 Å². The van der Waals surface area contributed by atoms with Crippen LogP contribution in [0.15, 0.2) is 60.7 Å². The molecule has 0 amide bonds. The smallest absolute Gasteiger partial charge is 0.283 e. The fraction of sp³-hybridized carbons (Fsp3) is 0.333. The Morgan fingerprint density at radius 2 is 0.966 bits per heavy atom. The van der Waals surface area contributed by atoms with Crippen molar-refractivity contribution in [3.8, 4) is 0 Å². The summed E-state index contributed by atoms with van der Waals surface area (Å²) in [5.74, 6) is 1.17. The van der Waals surface area contributed by atoms with Crippen LogP contribution in [0.4, 0.5) is 0 Å². The first kappa shape index (κ1) is 22.9. The van der Waals surface area contributed by atoms with E-state index >= 15 is 0 Å². The molecular weight excluding hydrogens is 416 g/mol. The molecular formula is C24H28CuO4+4. The molecule has 0 spiro atoms. The average molecular weight is 444 g/mol. The molecule has 29 heavy (non-hydrogen) atoms. The Morgan fingerprint density at radius 3 is 1.24 bits per heavy atom. The number of ketones is 4. The largest absolute Gasteiger partial charge is 0.339 e. The van der Waals surface area contributed by atoms with Crippen molar-refractivity contribution >= 4 is 23.1 Å². The van der Waals surface area contributed by atoms with E-state index in [-0.39, 0.29) is 28.9 Å². The van der Waals surface area contributed by atoms with Crippen molar-refractivity contribution in [2.24, 2.45) is 11.8 Å². The molecule has 2 atom stereocenters. The Bertz CT molecular complexity index is 787. The van der Waals surface area contributed by atoms with Gasteiger partial charge in [0.05, 0.1) is 24.0 Å². The fourth-order valence-corrected chi connectivity index (χ4v) is 3.87. The van der Waals surface area contributed by atoms with Gasteiger partial charge in [-0.3, -0.25) is 19.2 Å². The van der Waals surface area contributed by atoms with Crippen LogP contribution in [0.5, 0.6) is 0 Å². The van der Waals surface area contributed by atoms with E-state index in [1.165, 1.54) is 0 Å². The molecule has 0 aromatic heterocycles. The maximum absolute atomic E-state index is 9.93. The minimum absolute atomic E-state index is 0. The first-order valence-corrected chi connectivity index (χ1v) is 9.89. The minimum atomic E-state index is -0.141. The van der Waals surface area contributed by atoms with Gasteiger partial charge >= 0.3 is 23.1 Å². The van der Waals surface area contributed by atoms with Gasteiger partial charge in [-0.15, -0.1) is 0 Å². The summed E-state index contributed by atoms with van der Waals surface area (Å²) in [7, 11) is 0. The van der Waals surface area contributed by atoms with E-state index < -0.39 is 0 Å². The van der Waals surface area contributed by atoms with Crippen molar-refractivity contribution in [3.63, 3.8) is 0 Å². The molecule has 2 fully saturated rings. The number of rotatable bonds is 4. The summed E-state index contributed by atoms with van der Waals surface area (Å²) in [6.45, 7) is 0. The summed E-state index contributed by atoms with van der Waals surface area (Å²) in [4.78, 5) is 39.0. The van der Waals surface area contributed by atoms with Crippen molar-refractivity contribution < 1.29 is 36.2 Å². The zero-order valence-corrected chi connectivity index (χ0v) is 17.2. The Hall–Kier alpha value is -2.36. The molecule has 0 bridgehead atoms. The summed E-state index contributed by atoms with van der Waals surface area (Å²) in [5, 5.41) is 0. The van der Waals surface area contributed by atoms with Crippen molar-refractivity contribution in [3.05, 3.63) is 71.8 Å². The predicted octanol–water partition coefficient (Wildman–Crippen LogP) is 3.85. The maximum atomic E-state index is 9.93. The van der Waals surface area contributed by atoms with E-state index in [0.29, 0.717) is 23.1 Å². The van der Waals surface area contributed by atoms with Crippen LogP contribution < -0.4 is 0 Å². The van der Waals surface area contributed by atoms with Crippen LogP contribution in [-0.4, -0.2) is 42.3 Å². The van der Waals surface area contributed by atoms with Gasteiger partial charge in [0.15, 0.2) is 11.8 Å². The Labute approximate surface area is 181 Å². The van der Waals surface area contributed by atoms with E-state index in [9.17, 15) is 19.2 Å². The molecule has 4 nitrogen and oxygen atoms in total. The summed E-state index contributed by atoms with van der Waals surface area (Å²) in [5.41, 5.74) is 1.62. The molecule has 2 aromatic carbocycles. The maximum Gasteiger partial charge on any atom is 0.339 e. The molecule has 0 saturated heterocycles. The summed E-state index contributed by atoms with van der Waals surface area (Å²) in [6.07, 6.45) is 5.09. The van der Waals surface area contributed by atoms with Gasteiger partial charge in [-0.1, -0.05) is 36.4 Å². The molecule has 0 aliphatic heterocycles. The minimum Gasteiger partial charge on any atom is -0.283 e. The molecule has 2 unspecified atom stereocenters. The number of hydrogen-bond acceptors (Lipinski definition) is 0. The summed E-state index contributed by atoms with van der Waals surface area (Å²) >= 11 is 0. The molecule has 155 valence electrons. The normalized spacial score (nSPS) is 20.4. The topological polar surface area (TPSA) is 85.6 Å². The molecule has 2 saturated carbocycles.